The van der Waals surface area contributed by atoms with E-state index in [0.29, 0.717) is 24.5 Å². The van der Waals surface area contributed by atoms with E-state index in [4.69, 9.17) is 9.47 Å². The van der Waals surface area contributed by atoms with Crippen LogP contribution in [0.25, 0.3) is 0 Å². The predicted octanol–water partition coefficient (Wildman–Crippen LogP) is 3.34. The third-order valence-electron chi connectivity index (χ3n) is 4.19. The van der Waals surface area contributed by atoms with Gasteiger partial charge in [-0.3, -0.25) is 9.69 Å². The zero-order valence-corrected chi connectivity index (χ0v) is 16.2. The van der Waals surface area contributed by atoms with Gasteiger partial charge in [0.25, 0.3) is 0 Å². The summed E-state index contributed by atoms with van der Waals surface area (Å²) < 4.78 is 12.2. The zero-order chi connectivity index (χ0) is 18.2. The van der Waals surface area contributed by atoms with Crippen molar-refractivity contribution in [1.82, 2.24) is 4.90 Å². The number of nitrogens with one attached hydrogen (secondary N) is 1. The van der Waals surface area contributed by atoms with Gasteiger partial charge in [-0.15, -0.1) is 0 Å². The number of morpholine rings is 1. The number of carbonyl (C=O) groups is 1. The number of ether oxygens (including phenoxy) is 2. The van der Waals surface area contributed by atoms with Crippen LogP contribution in [0.5, 0.6) is 5.75 Å². The first-order chi connectivity index (χ1) is 12.7. The van der Waals surface area contributed by atoms with Crippen LogP contribution in [0.15, 0.2) is 53.0 Å². The highest BCUT2D eigenvalue weighted by atomic mass is 79.9. The molecule has 0 spiro atoms. The van der Waals surface area contributed by atoms with Crippen molar-refractivity contribution in [2.45, 2.75) is 6.42 Å². The lowest BCUT2D eigenvalue weighted by molar-refractivity contribution is -0.115. The van der Waals surface area contributed by atoms with Gasteiger partial charge in [-0.2, -0.15) is 0 Å². The summed E-state index contributed by atoms with van der Waals surface area (Å²) in [6.45, 7) is 4.84. The fourth-order valence-corrected chi connectivity index (χ4v) is 3.17. The number of hydrogen-bond acceptors (Lipinski definition) is 4. The van der Waals surface area contributed by atoms with Crippen LogP contribution < -0.4 is 10.1 Å². The molecule has 1 amide bonds. The van der Waals surface area contributed by atoms with Crippen LogP contribution in [-0.2, 0) is 16.0 Å². The summed E-state index contributed by atoms with van der Waals surface area (Å²) >= 11 is 3.45. The van der Waals surface area contributed by atoms with Gasteiger partial charge < -0.3 is 14.8 Å². The van der Waals surface area contributed by atoms with E-state index in [9.17, 15) is 4.79 Å². The van der Waals surface area contributed by atoms with E-state index in [1.807, 2.05) is 48.5 Å². The van der Waals surface area contributed by atoms with Crippen LogP contribution in [-0.4, -0.2) is 50.3 Å². The average Bonchev–Trinajstić information content (AvgIpc) is 2.65. The van der Waals surface area contributed by atoms with Gasteiger partial charge in [-0.25, -0.2) is 0 Å². The normalized spacial score (nSPS) is 14.8. The summed E-state index contributed by atoms with van der Waals surface area (Å²) in [6.07, 6.45) is 0.334. The number of carbonyl (C=O) groups excluding carboxylic acids is 1. The fourth-order valence-electron chi connectivity index (χ4n) is 2.81. The summed E-state index contributed by atoms with van der Waals surface area (Å²) in [4.78, 5) is 14.7. The Morgan fingerprint density at radius 1 is 1.15 bits per heavy atom. The van der Waals surface area contributed by atoms with Crippen molar-refractivity contribution in [3.05, 3.63) is 58.6 Å². The Kier molecular flexibility index (Phi) is 7.05. The number of hydrogen-bond donors (Lipinski definition) is 1. The Labute approximate surface area is 162 Å². The van der Waals surface area contributed by atoms with Crippen molar-refractivity contribution in [3.63, 3.8) is 0 Å². The molecular weight excluding hydrogens is 396 g/mol. The van der Waals surface area contributed by atoms with Gasteiger partial charge in [0, 0.05) is 24.1 Å². The fraction of sp³-hybridized carbons (Fsp3) is 0.350. The maximum atomic E-state index is 12.4. The van der Waals surface area contributed by atoms with Gasteiger partial charge in [0.15, 0.2) is 0 Å². The molecule has 0 atom stereocenters. The van der Waals surface area contributed by atoms with Crippen molar-refractivity contribution in [1.29, 1.82) is 0 Å². The second-order valence-corrected chi connectivity index (χ2v) is 7.07. The molecule has 5 nitrogen and oxygen atoms in total. The number of rotatable bonds is 7. The molecule has 1 saturated heterocycles. The first-order valence-electron chi connectivity index (χ1n) is 8.77. The first kappa shape index (κ1) is 18.9. The average molecular weight is 419 g/mol. The maximum absolute atomic E-state index is 12.4. The molecule has 6 heteroatoms. The van der Waals surface area contributed by atoms with E-state index in [1.165, 1.54) is 0 Å². The van der Waals surface area contributed by atoms with E-state index in [0.717, 1.165) is 42.9 Å². The number of anilines is 1. The standard InChI is InChI=1S/C20H23BrN2O3/c21-17-6-7-19(26-13-10-23-8-11-25-12-9-23)18(15-17)22-20(24)14-16-4-2-1-3-5-16/h1-7,15H,8-14H2,(H,22,24). The van der Waals surface area contributed by atoms with Gasteiger partial charge in [-0.05, 0) is 23.8 Å². The van der Waals surface area contributed by atoms with Crippen molar-refractivity contribution in [2.24, 2.45) is 0 Å². The summed E-state index contributed by atoms with van der Waals surface area (Å²) in [7, 11) is 0. The topological polar surface area (TPSA) is 50.8 Å². The molecular formula is C20H23BrN2O3. The Bertz CT molecular complexity index is 718. The summed E-state index contributed by atoms with van der Waals surface area (Å²) in [5, 5.41) is 2.96. The van der Waals surface area contributed by atoms with Crippen LogP contribution in [0, 0.1) is 0 Å². The third-order valence-corrected chi connectivity index (χ3v) is 4.69. The number of benzene rings is 2. The van der Waals surface area contributed by atoms with Crippen LogP contribution in [0.2, 0.25) is 0 Å². The van der Waals surface area contributed by atoms with Gasteiger partial charge in [0.05, 0.1) is 25.3 Å². The lowest BCUT2D eigenvalue weighted by Crippen LogP contribution is -2.38. The van der Waals surface area contributed by atoms with Crippen LogP contribution in [0.4, 0.5) is 5.69 Å². The van der Waals surface area contributed by atoms with Gasteiger partial charge in [-0.1, -0.05) is 46.3 Å². The van der Waals surface area contributed by atoms with Gasteiger partial charge in [0.2, 0.25) is 5.91 Å². The number of nitrogens with zero attached hydrogens (tertiary/aromatic N) is 1. The van der Waals surface area contributed by atoms with Gasteiger partial charge in [0.1, 0.15) is 12.4 Å². The molecule has 138 valence electrons. The minimum absolute atomic E-state index is 0.0627. The summed E-state index contributed by atoms with van der Waals surface area (Å²) in [5.41, 5.74) is 1.66. The molecule has 2 aromatic carbocycles. The molecule has 0 aromatic heterocycles. The minimum Gasteiger partial charge on any atom is -0.490 e. The van der Waals surface area contributed by atoms with Crippen LogP contribution >= 0.6 is 15.9 Å². The maximum Gasteiger partial charge on any atom is 0.228 e. The van der Waals surface area contributed by atoms with Crippen LogP contribution in [0.3, 0.4) is 0 Å². The SMILES string of the molecule is O=C(Cc1ccccc1)Nc1cc(Br)ccc1OCCN1CCOCC1. The molecule has 0 radical (unpaired) electrons. The number of halogens is 1. The Balaban J connectivity index is 1.57. The minimum atomic E-state index is -0.0627. The van der Waals surface area contributed by atoms with E-state index in [1.54, 1.807) is 0 Å². The second kappa shape index (κ2) is 9.71. The zero-order valence-electron chi connectivity index (χ0n) is 14.6. The third kappa shape index (κ3) is 5.83. The molecule has 26 heavy (non-hydrogen) atoms. The van der Waals surface area contributed by atoms with E-state index >= 15 is 0 Å². The van der Waals surface area contributed by atoms with Crippen molar-refractivity contribution in [3.8, 4) is 5.75 Å². The first-order valence-corrected chi connectivity index (χ1v) is 9.56. The molecule has 1 fully saturated rings. The molecule has 2 aromatic rings. The van der Waals surface area contributed by atoms with E-state index in [-0.39, 0.29) is 5.91 Å². The highest BCUT2D eigenvalue weighted by molar-refractivity contribution is 9.10. The Hall–Kier alpha value is -1.89. The predicted molar refractivity (Wildman–Crippen MR) is 106 cm³/mol. The molecule has 1 heterocycles. The highest BCUT2D eigenvalue weighted by Crippen LogP contribution is 2.28. The lowest BCUT2D eigenvalue weighted by atomic mass is 10.1. The summed E-state index contributed by atoms with van der Waals surface area (Å²) in [6, 6.07) is 15.4. The molecule has 0 aliphatic carbocycles. The second-order valence-electron chi connectivity index (χ2n) is 6.15. The van der Waals surface area contributed by atoms with Crippen molar-refractivity contribution in [2.75, 3.05) is 44.8 Å². The number of amides is 1. The Morgan fingerprint density at radius 2 is 1.92 bits per heavy atom. The largest absolute Gasteiger partial charge is 0.490 e. The summed E-state index contributed by atoms with van der Waals surface area (Å²) in [5.74, 6) is 0.621. The molecule has 3 rings (SSSR count). The molecule has 1 aliphatic rings. The van der Waals surface area contributed by atoms with Crippen molar-refractivity contribution < 1.29 is 14.3 Å². The van der Waals surface area contributed by atoms with E-state index in [2.05, 4.69) is 26.1 Å². The van der Waals surface area contributed by atoms with Gasteiger partial charge >= 0.3 is 0 Å². The Morgan fingerprint density at radius 3 is 2.69 bits per heavy atom. The smallest absolute Gasteiger partial charge is 0.228 e. The monoisotopic (exact) mass is 418 g/mol. The molecule has 1 N–H and O–H groups in total. The quantitative estimate of drug-likeness (QED) is 0.748. The van der Waals surface area contributed by atoms with Crippen LogP contribution in [0.1, 0.15) is 5.56 Å². The molecule has 0 bridgehead atoms. The lowest BCUT2D eigenvalue weighted by Gasteiger charge is -2.26. The molecule has 1 aliphatic heterocycles. The van der Waals surface area contributed by atoms with E-state index < -0.39 is 0 Å². The highest BCUT2D eigenvalue weighted by Gasteiger charge is 2.12. The van der Waals surface area contributed by atoms with Crippen molar-refractivity contribution >= 4 is 27.5 Å². The molecule has 0 unspecified atom stereocenters. The molecule has 0 saturated carbocycles.